The third-order valence-electron chi connectivity index (χ3n) is 6.39. The molecular formula is C24H21NO14P2. The van der Waals surface area contributed by atoms with Crippen molar-refractivity contribution in [2.45, 2.75) is 18.4 Å². The van der Waals surface area contributed by atoms with Gasteiger partial charge in [0.1, 0.15) is 23.0 Å². The number of nitrogens with one attached hydrogen (secondary N) is 1. The maximum atomic E-state index is 13.0. The maximum Gasteiger partial charge on any atom is 0.339 e. The molecule has 5 rings (SSSR count). The summed E-state index contributed by atoms with van der Waals surface area (Å²) in [5.74, 6) is -3.57. The lowest BCUT2D eigenvalue weighted by atomic mass is 9.73. The van der Waals surface area contributed by atoms with E-state index in [-0.39, 0.29) is 35.0 Å². The van der Waals surface area contributed by atoms with Gasteiger partial charge in [0.05, 0.1) is 11.5 Å². The summed E-state index contributed by atoms with van der Waals surface area (Å²) in [5.41, 5.74) is -0.274. The lowest BCUT2D eigenvalue weighted by Gasteiger charge is -2.38. The van der Waals surface area contributed by atoms with Crippen molar-refractivity contribution in [2.75, 3.05) is 6.61 Å². The largest absolute Gasteiger partial charge is 0.508 e. The minimum atomic E-state index is -3.67. The van der Waals surface area contributed by atoms with E-state index in [0.29, 0.717) is 16.7 Å². The number of fused-ring (bicyclic) bond motifs is 5. The van der Waals surface area contributed by atoms with E-state index in [4.69, 9.17) is 24.0 Å². The third-order valence-corrected chi connectivity index (χ3v) is 7.22. The Morgan fingerprint density at radius 1 is 1.02 bits per heavy atom. The fraction of sp³-hybridized carbons (Fsp3) is 0.208. The van der Waals surface area contributed by atoms with Gasteiger partial charge in [-0.15, -0.1) is 0 Å². The summed E-state index contributed by atoms with van der Waals surface area (Å²) in [6.45, 7) is -0.907. The molecule has 15 nitrogen and oxygen atoms in total. The number of hydrogen-bond donors (Lipinski definition) is 5. The molecule has 216 valence electrons. The highest BCUT2D eigenvalue weighted by atomic mass is 31.1. The highest BCUT2D eigenvalue weighted by molar-refractivity contribution is 7.32. The first-order valence-corrected chi connectivity index (χ1v) is 14.3. The Labute approximate surface area is 231 Å². The van der Waals surface area contributed by atoms with E-state index < -0.39 is 58.9 Å². The summed E-state index contributed by atoms with van der Waals surface area (Å²) in [6, 6.07) is 8.44. The number of esters is 2. The number of carbonyl (C=O) groups excluding carboxylic acids is 3. The molecule has 2 aromatic rings. The molecule has 2 heterocycles. The quantitative estimate of drug-likeness (QED) is 0.163. The standard InChI is InChI=1S/C24H21NO14P2/c26-12-2-5-15-18(8-12)36-19-9-13(27)3-6-16(19)24(15)17-7-11(1-4-14(17)22(30)37-24)21(29)35-10-20(28)25-23(38-40(31)32)39-41(33)34/h1-6,8-9,11,23,26-27,40-41H,7,10H2,(H,25,28)(H,31,32)(H,33,34). The number of phenolic OH excluding ortho intramolecular Hbond substituents is 2. The minimum Gasteiger partial charge on any atom is -0.508 e. The molecule has 3 aliphatic rings. The number of phenols is 2. The van der Waals surface area contributed by atoms with E-state index in [2.05, 4.69) is 9.05 Å². The molecule has 0 bridgehead atoms. The normalized spacial score (nSPS) is 20.1. The molecule has 1 amide bonds. The predicted octanol–water partition coefficient (Wildman–Crippen LogP) is 1.62. The zero-order valence-electron chi connectivity index (χ0n) is 20.6. The molecule has 17 heteroatoms. The molecule has 0 saturated carbocycles. The summed E-state index contributed by atoms with van der Waals surface area (Å²) < 4.78 is 47.3. The van der Waals surface area contributed by atoms with Crippen LogP contribution in [-0.2, 0) is 47.6 Å². The Balaban J connectivity index is 1.38. The van der Waals surface area contributed by atoms with Crippen molar-refractivity contribution in [2.24, 2.45) is 5.92 Å². The Morgan fingerprint density at radius 3 is 2.17 bits per heavy atom. The lowest BCUT2D eigenvalue weighted by molar-refractivity contribution is -0.153. The molecular weight excluding hydrogens is 588 g/mol. The molecule has 2 aliphatic heterocycles. The van der Waals surface area contributed by atoms with E-state index in [9.17, 15) is 33.7 Å². The van der Waals surface area contributed by atoms with Crippen molar-refractivity contribution in [3.63, 3.8) is 0 Å². The summed E-state index contributed by atoms with van der Waals surface area (Å²) in [6.07, 6.45) is 0.670. The van der Waals surface area contributed by atoms with Crippen LogP contribution in [0.15, 0.2) is 59.7 Å². The number of ether oxygens (including phenoxy) is 3. The van der Waals surface area contributed by atoms with Crippen LogP contribution in [-0.4, -0.2) is 50.9 Å². The van der Waals surface area contributed by atoms with Gasteiger partial charge < -0.3 is 39.5 Å². The molecule has 3 atom stereocenters. The molecule has 1 aliphatic carbocycles. The second kappa shape index (κ2) is 11.1. The fourth-order valence-electron chi connectivity index (χ4n) is 4.81. The number of hydrogen-bond acceptors (Lipinski definition) is 12. The van der Waals surface area contributed by atoms with Gasteiger partial charge in [0.25, 0.3) is 12.3 Å². The minimum absolute atomic E-state index is 0.0908. The topological polar surface area (TPSA) is 224 Å². The fourth-order valence-corrected chi connectivity index (χ4v) is 5.48. The number of rotatable bonds is 8. The van der Waals surface area contributed by atoms with Crippen LogP contribution < -0.4 is 10.1 Å². The van der Waals surface area contributed by atoms with E-state index >= 15 is 0 Å². The second-order valence-corrected chi connectivity index (χ2v) is 10.4. The monoisotopic (exact) mass is 609 g/mol. The molecule has 1 spiro atoms. The second-order valence-electron chi connectivity index (χ2n) is 8.87. The molecule has 0 radical (unpaired) electrons. The molecule has 2 aromatic carbocycles. The van der Waals surface area contributed by atoms with Gasteiger partial charge in [0.2, 0.25) is 0 Å². The van der Waals surface area contributed by atoms with Crippen LogP contribution in [0.2, 0.25) is 0 Å². The Morgan fingerprint density at radius 2 is 1.61 bits per heavy atom. The Kier molecular flexibility index (Phi) is 7.75. The van der Waals surface area contributed by atoms with Crippen LogP contribution in [0.1, 0.15) is 17.5 Å². The third kappa shape index (κ3) is 5.51. The van der Waals surface area contributed by atoms with Gasteiger partial charge in [-0.05, 0) is 36.3 Å². The average Bonchev–Trinajstić information content (AvgIpc) is 3.18. The van der Waals surface area contributed by atoms with Gasteiger partial charge in [0.15, 0.2) is 12.2 Å². The van der Waals surface area contributed by atoms with Crippen LogP contribution in [0.25, 0.3) is 0 Å². The SMILES string of the molecule is O=C(COC(=O)C1C=CC2=C(C1)C1(OC2=O)c2ccc(O)cc2Oc2cc(O)ccc21)NC(O[PH](=O)O)O[PH](=O)O. The summed E-state index contributed by atoms with van der Waals surface area (Å²) >= 11 is 0. The van der Waals surface area contributed by atoms with Crippen molar-refractivity contribution < 1.29 is 66.8 Å². The van der Waals surface area contributed by atoms with E-state index in [1.807, 2.05) is 5.32 Å². The van der Waals surface area contributed by atoms with Gasteiger partial charge in [-0.1, -0.05) is 12.2 Å². The van der Waals surface area contributed by atoms with Gasteiger partial charge in [-0.25, -0.2) is 4.79 Å². The molecule has 0 aromatic heterocycles. The van der Waals surface area contributed by atoms with Crippen molar-refractivity contribution in [1.82, 2.24) is 5.32 Å². The molecule has 5 N–H and O–H groups in total. The van der Waals surface area contributed by atoms with E-state index in [1.54, 1.807) is 0 Å². The van der Waals surface area contributed by atoms with Crippen LogP contribution >= 0.6 is 16.5 Å². The van der Waals surface area contributed by atoms with Crippen molar-refractivity contribution in [3.05, 3.63) is 70.8 Å². The van der Waals surface area contributed by atoms with Gasteiger partial charge in [-0.2, -0.15) is 0 Å². The Bertz CT molecular complexity index is 1500. The van der Waals surface area contributed by atoms with Crippen LogP contribution in [0, 0.1) is 5.92 Å². The van der Waals surface area contributed by atoms with Crippen LogP contribution in [0.4, 0.5) is 0 Å². The van der Waals surface area contributed by atoms with Crippen LogP contribution in [0.3, 0.4) is 0 Å². The van der Waals surface area contributed by atoms with E-state index in [0.717, 1.165) is 0 Å². The number of benzene rings is 2. The lowest BCUT2D eigenvalue weighted by Crippen LogP contribution is -2.39. The van der Waals surface area contributed by atoms with Crippen molar-refractivity contribution in [3.8, 4) is 23.0 Å². The average molecular weight is 609 g/mol. The summed E-state index contributed by atoms with van der Waals surface area (Å²) in [4.78, 5) is 55.8. The maximum absolute atomic E-state index is 13.0. The van der Waals surface area contributed by atoms with Gasteiger partial charge in [0, 0.05) is 23.3 Å². The summed E-state index contributed by atoms with van der Waals surface area (Å²) in [5, 5.41) is 22.0. The Hall–Kier alpha value is -3.97. The molecule has 3 unspecified atom stereocenters. The highest BCUT2D eigenvalue weighted by Crippen LogP contribution is 2.59. The first-order chi connectivity index (χ1) is 19.5. The molecule has 0 saturated heterocycles. The summed E-state index contributed by atoms with van der Waals surface area (Å²) in [7, 11) is -7.33. The number of amides is 1. The first-order valence-electron chi connectivity index (χ1n) is 11.7. The predicted molar refractivity (Wildman–Crippen MR) is 135 cm³/mol. The van der Waals surface area contributed by atoms with Crippen LogP contribution in [0.5, 0.6) is 23.0 Å². The van der Waals surface area contributed by atoms with Crippen molar-refractivity contribution in [1.29, 1.82) is 0 Å². The highest BCUT2D eigenvalue weighted by Gasteiger charge is 2.55. The van der Waals surface area contributed by atoms with Gasteiger partial charge >= 0.3 is 28.4 Å². The molecule has 41 heavy (non-hydrogen) atoms. The number of carbonyl (C=O) groups is 3. The van der Waals surface area contributed by atoms with Gasteiger partial charge in [-0.3, -0.25) is 27.8 Å². The smallest absolute Gasteiger partial charge is 0.339 e. The number of aromatic hydroxyl groups is 2. The molecule has 0 fully saturated rings. The van der Waals surface area contributed by atoms with Crippen molar-refractivity contribution >= 4 is 34.4 Å². The zero-order valence-corrected chi connectivity index (χ0v) is 22.6. The first kappa shape index (κ1) is 28.6. The zero-order chi connectivity index (χ0) is 29.5. The van der Waals surface area contributed by atoms with E-state index in [1.165, 1.54) is 48.6 Å².